The summed E-state index contributed by atoms with van der Waals surface area (Å²) >= 11 is 0. The molecule has 0 atom stereocenters. The summed E-state index contributed by atoms with van der Waals surface area (Å²) in [5, 5.41) is 0. The van der Waals surface area contributed by atoms with E-state index in [0.29, 0.717) is 0 Å². The standard InChI is InChI=1S/C11H24.Na.H2O4S.H/c1-3-5-7-9-11-10-8-6-4-2;;1-5(2,3)4;/h3-11H2,1-2H3;;(H2,1,2,3,4);. The molecule has 0 saturated heterocycles. The van der Waals surface area contributed by atoms with Crippen LogP contribution in [0.25, 0.3) is 0 Å². The zero-order valence-corrected chi connectivity index (χ0v) is 11.3. The van der Waals surface area contributed by atoms with Gasteiger partial charge in [-0.15, -0.1) is 0 Å². The summed E-state index contributed by atoms with van der Waals surface area (Å²) < 4.78 is 31.6. The fraction of sp³-hybridized carbons (Fsp3) is 1.00. The Morgan fingerprint density at radius 3 is 1.06 bits per heavy atom. The van der Waals surface area contributed by atoms with Gasteiger partial charge in [-0.3, -0.25) is 9.11 Å². The molecule has 0 fully saturated rings. The molecule has 0 amide bonds. The Hall–Kier alpha value is 0.870. The Balaban J connectivity index is -0.000000280. The van der Waals surface area contributed by atoms with Crippen LogP contribution in [0.1, 0.15) is 71.6 Å². The van der Waals surface area contributed by atoms with Gasteiger partial charge in [0.25, 0.3) is 0 Å². The molecule has 2 N–H and O–H groups in total. The fourth-order valence-corrected chi connectivity index (χ4v) is 1.38. The third-order valence-corrected chi connectivity index (χ3v) is 2.21. The molecule has 0 saturated carbocycles. The van der Waals surface area contributed by atoms with E-state index in [2.05, 4.69) is 13.8 Å². The third kappa shape index (κ3) is 47.4. The molecule has 0 aromatic carbocycles. The van der Waals surface area contributed by atoms with E-state index in [4.69, 9.17) is 17.5 Å². The molecule has 17 heavy (non-hydrogen) atoms. The predicted molar refractivity (Wildman–Crippen MR) is 74.2 cm³/mol. The van der Waals surface area contributed by atoms with Gasteiger partial charge >= 0.3 is 40.0 Å². The molecule has 0 radical (unpaired) electrons. The van der Waals surface area contributed by atoms with Gasteiger partial charge in [0.1, 0.15) is 0 Å². The molecule has 0 aliphatic rings. The minimum atomic E-state index is -4.67. The van der Waals surface area contributed by atoms with Crippen LogP contribution in [-0.4, -0.2) is 47.1 Å². The molecule has 0 heterocycles. The summed E-state index contributed by atoms with van der Waals surface area (Å²) in [6.45, 7) is 4.55. The number of rotatable bonds is 8. The third-order valence-electron chi connectivity index (χ3n) is 2.21. The van der Waals surface area contributed by atoms with Gasteiger partial charge in [-0.05, 0) is 0 Å². The van der Waals surface area contributed by atoms with Crippen LogP contribution in [0.15, 0.2) is 0 Å². The zero-order valence-electron chi connectivity index (χ0n) is 10.5. The van der Waals surface area contributed by atoms with Gasteiger partial charge in [0, 0.05) is 0 Å². The van der Waals surface area contributed by atoms with Crippen molar-refractivity contribution in [3.8, 4) is 0 Å². The van der Waals surface area contributed by atoms with E-state index in [1.165, 1.54) is 57.8 Å². The predicted octanol–water partition coefficient (Wildman–Crippen LogP) is 3.24. The van der Waals surface area contributed by atoms with Crippen LogP contribution in [0, 0.1) is 0 Å². The quantitative estimate of drug-likeness (QED) is 0.406. The Morgan fingerprint density at radius 1 is 0.706 bits per heavy atom. The van der Waals surface area contributed by atoms with Gasteiger partial charge in [0.2, 0.25) is 0 Å². The first-order valence-electron chi connectivity index (χ1n) is 6.11. The summed E-state index contributed by atoms with van der Waals surface area (Å²) in [4.78, 5) is 0. The normalized spacial score (nSPS) is 10.1. The Bertz CT molecular complexity index is 202. The van der Waals surface area contributed by atoms with Crippen molar-refractivity contribution in [3.05, 3.63) is 0 Å². The van der Waals surface area contributed by atoms with Crippen LogP contribution in [0.2, 0.25) is 0 Å². The fourth-order valence-electron chi connectivity index (χ4n) is 1.38. The second-order valence-corrected chi connectivity index (χ2v) is 4.82. The van der Waals surface area contributed by atoms with Crippen molar-refractivity contribution in [2.24, 2.45) is 0 Å². The van der Waals surface area contributed by atoms with Crippen LogP contribution < -0.4 is 0 Å². The molecule has 0 unspecified atom stereocenters. The molecule has 102 valence electrons. The van der Waals surface area contributed by atoms with E-state index in [-0.39, 0.29) is 29.6 Å². The molecule has 6 heteroatoms. The molecular weight excluding hydrogens is 251 g/mol. The molecule has 4 nitrogen and oxygen atoms in total. The Labute approximate surface area is 128 Å². The summed E-state index contributed by atoms with van der Waals surface area (Å²) in [7, 11) is -4.67. The molecule has 0 rings (SSSR count). The molecule has 0 spiro atoms. The van der Waals surface area contributed by atoms with Crippen molar-refractivity contribution in [2.75, 3.05) is 0 Å². The first kappa shape index (κ1) is 23.0. The second kappa shape index (κ2) is 16.9. The zero-order chi connectivity index (χ0) is 12.9. The van der Waals surface area contributed by atoms with Crippen molar-refractivity contribution in [1.29, 1.82) is 0 Å². The van der Waals surface area contributed by atoms with Crippen LogP contribution >= 0.6 is 0 Å². The topological polar surface area (TPSA) is 74.6 Å². The molecular formula is C11H27NaO4S. The van der Waals surface area contributed by atoms with Crippen molar-refractivity contribution >= 4 is 40.0 Å². The number of hydrogen-bond donors (Lipinski definition) is 2. The maximum absolute atomic E-state index is 8.74. The molecule has 0 aromatic heterocycles. The summed E-state index contributed by atoms with van der Waals surface area (Å²) in [5.74, 6) is 0. The van der Waals surface area contributed by atoms with Gasteiger partial charge in [0.05, 0.1) is 0 Å². The molecule has 0 aliphatic carbocycles. The van der Waals surface area contributed by atoms with Crippen LogP contribution in [0.3, 0.4) is 0 Å². The van der Waals surface area contributed by atoms with Crippen molar-refractivity contribution in [3.63, 3.8) is 0 Å². The molecule has 0 aliphatic heterocycles. The van der Waals surface area contributed by atoms with Crippen molar-refractivity contribution in [2.45, 2.75) is 71.6 Å². The van der Waals surface area contributed by atoms with E-state index in [1.54, 1.807) is 0 Å². The minimum absolute atomic E-state index is 0. The van der Waals surface area contributed by atoms with E-state index in [9.17, 15) is 0 Å². The maximum atomic E-state index is 8.74. The summed E-state index contributed by atoms with van der Waals surface area (Å²) in [5.41, 5.74) is 0. The monoisotopic (exact) mass is 278 g/mol. The van der Waals surface area contributed by atoms with Gasteiger partial charge in [-0.2, -0.15) is 8.42 Å². The van der Waals surface area contributed by atoms with Crippen molar-refractivity contribution in [1.82, 2.24) is 0 Å². The number of unbranched alkanes of at least 4 members (excludes halogenated alkanes) is 8. The molecule has 0 aromatic rings. The van der Waals surface area contributed by atoms with Gasteiger partial charge in [-0.1, -0.05) is 71.6 Å². The van der Waals surface area contributed by atoms with Crippen LogP contribution in [-0.2, 0) is 10.4 Å². The Morgan fingerprint density at radius 2 is 0.882 bits per heavy atom. The van der Waals surface area contributed by atoms with Gasteiger partial charge in [0.15, 0.2) is 0 Å². The van der Waals surface area contributed by atoms with E-state index in [1.807, 2.05) is 0 Å². The molecule has 0 bridgehead atoms. The van der Waals surface area contributed by atoms with Gasteiger partial charge < -0.3 is 0 Å². The van der Waals surface area contributed by atoms with E-state index < -0.39 is 10.4 Å². The van der Waals surface area contributed by atoms with Crippen LogP contribution in [0.4, 0.5) is 0 Å². The first-order chi connectivity index (χ1) is 7.41. The average molecular weight is 278 g/mol. The summed E-state index contributed by atoms with van der Waals surface area (Å²) in [6, 6.07) is 0. The van der Waals surface area contributed by atoms with Crippen LogP contribution in [0.5, 0.6) is 0 Å². The average Bonchev–Trinajstić information content (AvgIpc) is 2.14. The SMILES string of the molecule is CCCCCCCCCCC.O=S(=O)(O)O.[NaH]. The van der Waals surface area contributed by atoms with E-state index >= 15 is 0 Å². The van der Waals surface area contributed by atoms with Gasteiger partial charge in [-0.25, -0.2) is 0 Å². The number of hydrogen-bond acceptors (Lipinski definition) is 2. The van der Waals surface area contributed by atoms with Crippen molar-refractivity contribution < 1.29 is 17.5 Å². The summed E-state index contributed by atoms with van der Waals surface area (Å²) in [6.07, 6.45) is 13.0. The second-order valence-electron chi connectivity index (χ2n) is 3.92. The first-order valence-corrected chi connectivity index (χ1v) is 7.51. The Kier molecular flexibility index (Phi) is 22.8. The van der Waals surface area contributed by atoms with E-state index in [0.717, 1.165) is 0 Å².